The minimum absolute atomic E-state index is 0.0586. The molecular formula is C8H10N3OP. The average Bonchev–Trinajstić information content (AvgIpc) is 2.43. The van der Waals surface area contributed by atoms with Crippen molar-refractivity contribution in [2.75, 3.05) is 6.66 Å². The highest BCUT2D eigenvalue weighted by Gasteiger charge is 2.02. The fourth-order valence-electron chi connectivity index (χ4n) is 1.30. The SMILES string of the molecule is CPc1cc(=O)[nH]c2cc(C)nn12. The largest absolute Gasteiger partial charge is 0.307 e. The summed E-state index contributed by atoms with van der Waals surface area (Å²) in [5.41, 5.74) is 2.60. The average molecular weight is 195 g/mol. The third-order valence-corrected chi connectivity index (χ3v) is 2.70. The lowest BCUT2D eigenvalue weighted by molar-refractivity contribution is 0.938. The number of nitrogens with zero attached hydrogens (tertiary/aromatic N) is 2. The van der Waals surface area contributed by atoms with Crippen molar-refractivity contribution in [2.24, 2.45) is 0 Å². The lowest BCUT2D eigenvalue weighted by Gasteiger charge is -1.99. The van der Waals surface area contributed by atoms with Crippen LogP contribution in [0.25, 0.3) is 5.65 Å². The van der Waals surface area contributed by atoms with Crippen LogP contribution in [0.1, 0.15) is 5.69 Å². The lowest BCUT2D eigenvalue weighted by Crippen LogP contribution is -2.19. The van der Waals surface area contributed by atoms with E-state index < -0.39 is 0 Å². The van der Waals surface area contributed by atoms with Crippen LogP contribution >= 0.6 is 8.58 Å². The maximum Gasteiger partial charge on any atom is 0.251 e. The van der Waals surface area contributed by atoms with Gasteiger partial charge in [-0.1, -0.05) is 8.58 Å². The number of fused-ring (bicyclic) bond motifs is 1. The summed E-state index contributed by atoms with van der Waals surface area (Å²) >= 11 is 0. The maximum absolute atomic E-state index is 11.2. The molecule has 0 aromatic carbocycles. The van der Waals surface area contributed by atoms with Gasteiger partial charge in [-0.15, -0.1) is 0 Å². The Morgan fingerprint density at radius 3 is 3.00 bits per heavy atom. The Bertz CT molecular complexity index is 500. The van der Waals surface area contributed by atoms with Crippen LogP contribution in [0.5, 0.6) is 0 Å². The lowest BCUT2D eigenvalue weighted by atomic mass is 10.5. The second-order valence-electron chi connectivity index (χ2n) is 2.85. The summed E-state index contributed by atoms with van der Waals surface area (Å²) in [7, 11) is 0.574. The predicted molar refractivity (Wildman–Crippen MR) is 54.4 cm³/mol. The van der Waals surface area contributed by atoms with Gasteiger partial charge in [0.1, 0.15) is 5.65 Å². The molecule has 68 valence electrons. The summed E-state index contributed by atoms with van der Waals surface area (Å²) < 4.78 is 1.79. The molecule has 4 nitrogen and oxygen atoms in total. The summed E-state index contributed by atoms with van der Waals surface area (Å²) in [5.74, 6) is 0. The molecule has 0 radical (unpaired) electrons. The molecule has 0 saturated heterocycles. The Labute approximate surface area is 76.8 Å². The van der Waals surface area contributed by atoms with Gasteiger partial charge in [-0.2, -0.15) is 5.10 Å². The van der Waals surface area contributed by atoms with Crippen LogP contribution in [0.3, 0.4) is 0 Å². The van der Waals surface area contributed by atoms with E-state index in [4.69, 9.17) is 0 Å². The smallest absolute Gasteiger partial charge is 0.251 e. The topological polar surface area (TPSA) is 50.2 Å². The van der Waals surface area contributed by atoms with Crippen molar-refractivity contribution in [3.63, 3.8) is 0 Å². The van der Waals surface area contributed by atoms with Gasteiger partial charge in [0.15, 0.2) is 0 Å². The van der Waals surface area contributed by atoms with Crippen LogP contribution in [0.15, 0.2) is 16.9 Å². The zero-order valence-electron chi connectivity index (χ0n) is 7.46. The molecule has 0 aliphatic carbocycles. The molecule has 0 saturated carbocycles. The van der Waals surface area contributed by atoms with Gasteiger partial charge < -0.3 is 4.98 Å². The zero-order chi connectivity index (χ0) is 9.42. The van der Waals surface area contributed by atoms with E-state index in [1.54, 1.807) is 10.6 Å². The van der Waals surface area contributed by atoms with Crippen LogP contribution in [-0.2, 0) is 0 Å². The van der Waals surface area contributed by atoms with E-state index in [0.29, 0.717) is 8.58 Å². The second kappa shape index (κ2) is 2.96. The first kappa shape index (κ1) is 8.45. The van der Waals surface area contributed by atoms with Gasteiger partial charge in [-0.05, 0) is 13.6 Å². The van der Waals surface area contributed by atoms with Crippen molar-refractivity contribution in [1.29, 1.82) is 0 Å². The van der Waals surface area contributed by atoms with Crippen molar-refractivity contribution >= 4 is 19.7 Å². The predicted octanol–water partition coefficient (Wildman–Crippen LogP) is 0.265. The summed E-state index contributed by atoms with van der Waals surface area (Å²) in [5, 5.41) is 4.28. The molecule has 1 unspecified atom stereocenters. The van der Waals surface area contributed by atoms with Crippen LogP contribution in [0.2, 0.25) is 0 Å². The molecule has 2 aromatic heterocycles. The van der Waals surface area contributed by atoms with Crippen molar-refractivity contribution in [1.82, 2.24) is 14.6 Å². The fourth-order valence-corrected chi connectivity index (χ4v) is 1.96. The normalized spacial score (nSPS) is 11.8. The third kappa shape index (κ3) is 1.38. The van der Waals surface area contributed by atoms with Crippen molar-refractivity contribution in [2.45, 2.75) is 6.92 Å². The molecule has 2 aromatic rings. The Morgan fingerprint density at radius 1 is 1.54 bits per heavy atom. The summed E-state index contributed by atoms with van der Waals surface area (Å²) in [6.07, 6.45) is 0. The van der Waals surface area contributed by atoms with Crippen LogP contribution in [-0.4, -0.2) is 21.3 Å². The van der Waals surface area contributed by atoms with E-state index in [1.807, 2.05) is 19.7 Å². The monoisotopic (exact) mass is 195 g/mol. The van der Waals surface area contributed by atoms with Crippen molar-refractivity contribution < 1.29 is 0 Å². The molecule has 1 N–H and O–H groups in total. The van der Waals surface area contributed by atoms with Gasteiger partial charge >= 0.3 is 0 Å². The molecule has 5 heteroatoms. The maximum atomic E-state index is 11.2. The number of aryl methyl sites for hydroxylation is 1. The molecule has 0 aliphatic heterocycles. The Kier molecular flexibility index (Phi) is 1.93. The number of hydrogen-bond acceptors (Lipinski definition) is 2. The number of hydrogen-bond donors (Lipinski definition) is 1. The highest BCUT2D eigenvalue weighted by atomic mass is 31.1. The Balaban J connectivity index is 2.88. The van der Waals surface area contributed by atoms with Gasteiger partial charge in [-0.25, -0.2) is 4.52 Å². The molecular weight excluding hydrogens is 185 g/mol. The molecule has 0 amide bonds. The molecule has 1 atom stereocenters. The van der Waals surface area contributed by atoms with Gasteiger partial charge in [0.25, 0.3) is 5.56 Å². The number of rotatable bonds is 1. The molecule has 0 spiro atoms. The number of aromatic amines is 1. The molecule has 0 aliphatic rings. The van der Waals surface area contributed by atoms with Crippen molar-refractivity contribution in [3.05, 3.63) is 28.2 Å². The molecule has 0 fully saturated rings. The van der Waals surface area contributed by atoms with Crippen LogP contribution < -0.4 is 11.0 Å². The summed E-state index contributed by atoms with van der Waals surface area (Å²) in [6.45, 7) is 3.94. The van der Waals surface area contributed by atoms with Gasteiger partial charge in [-0.3, -0.25) is 4.79 Å². The summed E-state index contributed by atoms with van der Waals surface area (Å²) in [6, 6.07) is 3.46. The van der Waals surface area contributed by atoms with E-state index in [9.17, 15) is 4.79 Å². The minimum Gasteiger partial charge on any atom is -0.307 e. The third-order valence-electron chi connectivity index (χ3n) is 1.83. The Hall–Kier alpha value is -1.15. The zero-order valence-corrected chi connectivity index (χ0v) is 8.46. The summed E-state index contributed by atoms with van der Waals surface area (Å²) in [4.78, 5) is 13.9. The highest BCUT2D eigenvalue weighted by Crippen LogP contribution is 2.04. The number of H-pyrrole nitrogens is 1. The second-order valence-corrected chi connectivity index (χ2v) is 3.86. The van der Waals surface area contributed by atoms with Gasteiger partial charge in [0.2, 0.25) is 0 Å². The first-order valence-electron chi connectivity index (χ1n) is 3.98. The first-order chi connectivity index (χ1) is 6.20. The van der Waals surface area contributed by atoms with Gasteiger partial charge in [0.05, 0.1) is 11.1 Å². The van der Waals surface area contributed by atoms with E-state index in [1.165, 1.54) is 0 Å². The fraction of sp³-hybridized carbons (Fsp3) is 0.250. The first-order valence-corrected chi connectivity index (χ1v) is 5.48. The van der Waals surface area contributed by atoms with E-state index in [2.05, 4.69) is 10.1 Å². The standard InChI is InChI=1S/C8H10N3OP/c1-5-3-6-9-7(12)4-8(13-2)11(6)10-5/h3-4,13H,1-2H3,(H,9,12). The molecule has 0 bridgehead atoms. The van der Waals surface area contributed by atoms with E-state index >= 15 is 0 Å². The van der Waals surface area contributed by atoms with E-state index in [0.717, 1.165) is 16.8 Å². The van der Waals surface area contributed by atoms with Crippen LogP contribution in [0.4, 0.5) is 0 Å². The number of aromatic nitrogens is 3. The molecule has 2 heterocycles. The quantitative estimate of drug-likeness (QED) is 0.664. The van der Waals surface area contributed by atoms with Crippen LogP contribution in [0, 0.1) is 6.92 Å². The molecule has 2 rings (SSSR count). The van der Waals surface area contributed by atoms with E-state index in [-0.39, 0.29) is 5.56 Å². The van der Waals surface area contributed by atoms with Crippen molar-refractivity contribution in [3.8, 4) is 0 Å². The minimum atomic E-state index is -0.0586. The Morgan fingerprint density at radius 2 is 2.31 bits per heavy atom. The number of nitrogens with one attached hydrogen (secondary N) is 1. The molecule has 13 heavy (non-hydrogen) atoms. The highest BCUT2D eigenvalue weighted by molar-refractivity contribution is 7.46. The van der Waals surface area contributed by atoms with Gasteiger partial charge in [0, 0.05) is 12.1 Å².